The van der Waals surface area contributed by atoms with Gasteiger partial charge in [-0.25, -0.2) is 4.98 Å². The van der Waals surface area contributed by atoms with E-state index in [0.29, 0.717) is 32.7 Å². The van der Waals surface area contributed by atoms with Crippen molar-refractivity contribution >= 4 is 11.7 Å². The van der Waals surface area contributed by atoms with Gasteiger partial charge in [0.25, 0.3) is 0 Å². The minimum absolute atomic E-state index is 0.135. The smallest absolute Gasteiger partial charge is 0.227 e. The topological polar surface area (TPSA) is 67.8 Å². The molecule has 0 unspecified atom stereocenters. The molecule has 0 bridgehead atoms. The molecule has 1 aromatic heterocycles. The Kier molecular flexibility index (Phi) is 4.37. The van der Waals surface area contributed by atoms with Crippen LogP contribution in [0.5, 0.6) is 11.5 Å². The maximum absolute atomic E-state index is 12.6. The lowest BCUT2D eigenvalue weighted by atomic mass is 10.1. The van der Waals surface area contributed by atoms with E-state index in [1.807, 2.05) is 23.1 Å². The van der Waals surface area contributed by atoms with Gasteiger partial charge in [0.2, 0.25) is 5.91 Å². The van der Waals surface area contributed by atoms with Gasteiger partial charge in [-0.05, 0) is 17.7 Å². The number of hydrogen-bond acceptors (Lipinski definition) is 6. The first-order valence-corrected chi connectivity index (χ1v) is 8.47. The van der Waals surface area contributed by atoms with E-state index in [1.165, 1.54) is 0 Å². The van der Waals surface area contributed by atoms with Crippen LogP contribution in [-0.2, 0) is 11.2 Å². The zero-order valence-electron chi connectivity index (χ0n) is 13.9. The number of aromatic nitrogens is 2. The molecule has 0 aliphatic carbocycles. The highest BCUT2D eigenvalue weighted by Gasteiger charge is 2.22. The Balaban J connectivity index is 1.35. The fraction of sp³-hybridized carbons (Fsp3) is 0.389. The number of ether oxygens (including phenoxy) is 2. The van der Waals surface area contributed by atoms with E-state index in [1.54, 1.807) is 18.6 Å². The summed E-state index contributed by atoms with van der Waals surface area (Å²) in [6, 6.07) is 5.71. The molecule has 0 radical (unpaired) electrons. The predicted molar refractivity (Wildman–Crippen MR) is 92.0 cm³/mol. The number of benzene rings is 1. The number of nitrogens with zero attached hydrogens (tertiary/aromatic N) is 4. The van der Waals surface area contributed by atoms with Crippen LogP contribution in [0.25, 0.3) is 0 Å². The summed E-state index contributed by atoms with van der Waals surface area (Å²) in [5.41, 5.74) is 0.950. The molecule has 1 aromatic carbocycles. The fourth-order valence-corrected chi connectivity index (χ4v) is 3.12. The molecule has 0 spiro atoms. The molecule has 0 N–H and O–H groups in total. The molecule has 0 atom stereocenters. The summed E-state index contributed by atoms with van der Waals surface area (Å²) in [5.74, 6) is 2.47. The van der Waals surface area contributed by atoms with E-state index in [4.69, 9.17) is 9.47 Å². The molecule has 7 nitrogen and oxygen atoms in total. The Labute approximate surface area is 146 Å². The van der Waals surface area contributed by atoms with E-state index in [2.05, 4.69) is 14.9 Å². The Bertz CT molecular complexity index is 745. The number of rotatable bonds is 3. The molecule has 2 aliphatic rings. The van der Waals surface area contributed by atoms with Crippen LogP contribution in [-0.4, -0.2) is 60.2 Å². The van der Waals surface area contributed by atoms with Crippen LogP contribution >= 0.6 is 0 Å². The highest BCUT2D eigenvalue weighted by molar-refractivity contribution is 5.79. The van der Waals surface area contributed by atoms with Crippen molar-refractivity contribution in [2.45, 2.75) is 6.42 Å². The number of amides is 1. The first kappa shape index (κ1) is 15.7. The first-order chi connectivity index (χ1) is 12.3. The quantitative estimate of drug-likeness (QED) is 0.835. The highest BCUT2D eigenvalue weighted by atomic mass is 16.6. The van der Waals surface area contributed by atoms with Crippen LogP contribution in [0, 0.1) is 0 Å². The van der Waals surface area contributed by atoms with Gasteiger partial charge >= 0.3 is 0 Å². The van der Waals surface area contributed by atoms with Crippen LogP contribution in [0.3, 0.4) is 0 Å². The van der Waals surface area contributed by atoms with Crippen molar-refractivity contribution in [3.8, 4) is 11.5 Å². The summed E-state index contributed by atoms with van der Waals surface area (Å²) in [6.45, 7) is 4.05. The van der Waals surface area contributed by atoms with Gasteiger partial charge < -0.3 is 19.3 Å². The van der Waals surface area contributed by atoms with E-state index < -0.39 is 0 Å². The standard InChI is InChI=1S/C18H20N4O3/c23-18(12-14-1-2-15-16(11-14)25-10-9-24-15)22-7-5-21(6-8-22)17-13-19-3-4-20-17/h1-4,11,13H,5-10,12H2. The summed E-state index contributed by atoms with van der Waals surface area (Å²) in [7, 11) is 0. The fourth-order valence-electron chi connectivity index (χ4n) is 3.12. The van der Waals surface area contributed by atoms with Gasteiger partial charge in [0.05, 0.1) is 12.6 Å². The van der Waals surface area contributed by atoms with Crippen molar-refractivity contribution in [3.05, 3.63) is 42.4 Å². The van der Waals surface area contributed by atoms with Gasteiger partial charge in [-0.2, -0.15) is 0 Å². The van der Waals surface area contributed by atoms with Crippen molar-refractivity contribution in [2.24, 2.45) is 0 Å². The Morgan fingerprint density at radius 2 is 1.84 bits per heavy atom. The zero-order valence-corrected chi connectivity index (χ0v) is 13.9. The molecule has 25 heavy (non-hydrogen) atoms. The SMILES string of the molecule is O=C(Cc1ccc2c(c1)OCCO2)N1CCN(c2cnccn2)CC1. The Hall–Kier alpha value is -2.83. The third-order valence-corrected chi connectivity index (χ3v) is 4.47. The number of carbonyl (C=O) groups excluding carboxylic acids is 1. The maximum atomic E-state index is 12.6. The van der Waals surface area contributed by atoms with Gasteiger partial charge in [-0.1, -0.05) is 6.07 Å². The van der Waals surface area contributed by atoms with E-state index in [-0.39, 0.29) is 5.91 Å². The van der Waals surface area contributed by atoms with Crippen LogP contribution in [0.4, 0.5) is 5.82 Å². The van der Waals surface area contributed by atoms with E-state index in [9.17, 15) is 4.79 Å². The molecule has 7 heteroatoms. The van der Waals surface area contributed by atoms with Gasteiger partial charge in [0.1, 0.15) is 19.0 Å². The van der Waals surface area contributed by atoms with Crippen molar-refractivity contribution in [1.29, 1.82) is 0 Å². The molecule has 0 saturated carbocycles. The molecule has 1 saturated heterocycles. The maximum Gasteiger partial charge on any atom is 0.227 e. The third-order valence-electron chi connectivity index (χ3n) is 4.47. The monoisotopic (exact) mass is 340 g/mol. The Morgan fingerprint density at radius 3 is 2.60 bits per heavy atom. The van der Waals surface area contributed by atoms with Gasteiger partial charge in [0, 0.05) is 38.6 Å². The van der Waals surface area contributed by atoms with Gasteiger partial charge in [0.15, 0.2) is 11.5 Å². The molecule has 1 amide bonds. The zero-order chi connectivity index (χ0) is 17.1. The van der Waals surface area contributed by atoms with Crippen molar-refractivity contribution in [1.82, 2.24) is 14.9 Å². The molecule has 4 rings (SSSR count). The first-order valence-electron chi connectivity index (χ1n) is 8.47. The van der Waals surface area contributed by atoms with Crippen LogP contribution in [0.15, 0.2) is 36.8 Å². The number of carbonyl (C=O) groups is 1. The number of anilines is 1. The van der Waals surface area contributed by atoms with Crippen LogP contribution < -0.4 is 14.4 Å². The molecule has 130 valence electrons. The second-order valence-electron chi connectivity index (χ2n) is 6.09. The van der Waals surface area contributed by atoms with E-state index >= 15 is 0 Å². The second-order valence-corrected chi connectivity index (χ2v) is 6.09. The van der Waals surface area contributed by atoms with Crippen molar-refractivity contribution in [3.63, 3.8) is 0 Å². The molecule has 2 aromatic rings. The molecule has 3 heterocycles. The lowest BCUT2D eigenvalue weighted by molar-refractivity contribution is -0.130. The van der Waals surface area contributed by atoms with Gasteiger partial charge in [-0.3, -0.25) is 9.78 Å². The number of fused-ring (bicyclic) bond motifs is 1. The average Bonchev–Trinajstić information content (AvgIpc) is 2.69. The highest BCUT2D eigenvalue weighted by Crippen LogP contribution is 2.31. The summed E-state index contributed by atoms with van der Waals surface area (Å²) in [5, 5.41) is 0. The summed E-state index contributed by atoms with van der Waals surface area (Å²) in [4.78, 5) is 25.1. The molecular formula is C18H20N4O3. The molecule has 2 aliphatic heterocycles. The van der Waals surface area contributed by atoms with Crippen LogP contribution in [0.2, 0.25) is 0 Å². The van der Waals surface area contributed by atoms with Crippen molar-refractivity contribution in [2.75, 3.05) is 44.3 Å². The Morgan fingerprint density at radius 1 is 1.04 bits per heavy atom. The lowest BCUT2D eigenvalue weighted by Gasteiger charge is -2.35. The normalized spacial score (nSPS) is 16.6. The van der Waals surface area contributed by atoms with Crippen LogP contribution in [0.1, 0.15) is 5.56 Å². The van der Waals surface area contributed by atoms with E-state index in [0.717, 1.165) is 36.0 Å². The summed E-state index contributed by atoms with van der Waals surface area (Å²) in [6.07, 6.45) is 5.49. The summed E-state index contributed by atoms with van der Waals surface area (Å²) >= 11 is 0. The largest absolute Gasteiger partial charge is 0.486 e. The molecule has 1 fully saturated rings. The minimum Gasteiger partial charge on any atom is -0.486 e. The molecular weight excluding hydrogens is 320 g/mol. The number of hydrogen-bond donors (Lipinski definition) is 0. The van der Waals surface area contributed by atoms with Gasteiger partial charge in [-0.15, -0.1) is 0 Å². The third kappa shape index (κ3) is 3.50. The number of piperazine rings is 1. The minimum atomic E-state index is 0.135. The summed E-state index contributed by atoms with van der Waals surface area (Å²) < 4.78 is 11.1. The van der Waals surface area contributed by atoms with Crippen molar-refractivity contribution < 1.29 is 14.3 Å². The predicted octanol–water partition coefficient (Wildman–Crippen LogP) is 1.14. The average molecular weight is 340 g/mol. The second kappa shape index (κ2) is 6.96. The lowest BCUT2D eigenvalue weighted by Crippen LogP contribution is -2.49.